The Morgan fingerprint density at radius 2 is 1.89 bits per heavy atom. The predicted molar refractivity (Wildman–Crippen MR) is 71.7 cm³/mol. The summed E-state index contributed by atoms with van der Waals surface area (Å²) >= 11 is 0. The first-order valence-corrected chi connectivity index (χ1v) is 5.64. The quantitative estimate of drug-likeness (QED) is 0.731. The van der Waals surface area contributed by atoms with E-state index in [1.807, 2.05) is 24.3 Å². The van der Waals surface area contributed by atoms with Crippen LogP contribution in [0.25, 0.3) is 5.69 Å². The second-order valence-corrected chi connectivity index (χ2v) is 3.90. The molecular formula is C12H17N5O. The molecule has 1 heterocycles. The lowest BCUT2D eigenvalue weighted by atomic mass is 10.2. The molecule has 0 amide bonds. The maximum absolute atomic E-state index is 6.03. The van der Waals surface area contributed by atoms with Gasteiger partial charge in [-0.3, -0.25) is 0 Å². The molecule has 6 heteroatoms. The second kappa shape index (κ2) is 4.97. The van der Waals surface area contributed by atoms with Gasteiger partial charge >= 0.3 is 0 Å². The van der Waals surface area contributed by atoms with Crippen molar-refractivity contribution in [2.24, 2.45) is 5.73 Å². The normalized spacial score (nSPS) is 10.6. The van der Waals surface area contributed by atoms with Crippen LogP contribution in [0.1, 0.15) is 5.56 Å². The highest BCUT2D eigenvalue weighted by atomic mass is 16.5. The number of benzene rings is 1. The molecule has 2 rings (SSSR count). The first-order valence-electron chi connectivity index (χ1n) is 5.64. The predicted octanol–water partition coefficient (Wildman–Crippen LogP) is 0.547. The molecule has 0 spiro atoms. The molecule has 0 atom stereocenters. The van der Waals surface area contributed by atoms with Crippen molar-refractivity contribution < 1.29 is 4.74 Å². The van der Waals surface area contributed by atoms with Gasteiger partial charge in [-0.1, -0.05) is 0 Å². The van der Waals surface area contributed by atoms with E-state index in [1.165, 1.54) is 0 Å². The summed E-state index contributed by atoms with van der Waals surface area (Å²) in [5.41, 5.74) is 19.0. The molecular weight excluding hydrogens is 230 g/mol. The monoisotopic (exact) mass is 247 g/mol. The Morgan fingerprint density at radius 1 is 1.22 bits per heavy atom. The van der Waals surface area contributed by atoms with E-state index in [0.717, 1.165) is 17.0 Å². The zero-order valence-electron chi connectivity index (χ0n) is 10.3. The molecule has 18 heavy (non-hydrogen) atoms. The van der Waals surface area contributed by atoms with Gasteiger partial charge in [0.05, 0.1) is 12.8 Å². The van der Waals surface area contributed by atoms with E-state index in [9.17, 15) is 0 Å². The maximum Gasteiger partial charge on any atom is 0.151 e. The summed E-state index contributed by atoms with van der Waals surface area (Å²) in [6.07, 6.45) is 0.619. The topological polar surface area (TPSA) is 105 Å². The van der Waals surface area contributed by atoms with Gasteiger partial charge in [0.25, 0.3) is 0 Å². The molecule has 6 nitrogen and oxygen atoms in total. The van der Waals surface area contributed by atoms with Crippen LogP contribution in [-0.2, 0) is 6.42 Å². The minimum Gasteiger partial charge on any atom is -0.497 e. The highest BCUT2D eigenvalue weighted by Crippen LogP contribution is 2.24. The molecule has 2 aromatic rings. The lowest BCUT2D eigenvalue weighted by molar-refractivity contribution is 0.414. The highest BCUT2D eigenvalue weighted by molar-refractivity contribution is 5.58. The molecule has 0 saturated heterocycles. The van der Waals surface area contributed by atoms with E-state index in [1.54, 1.807) is 11.8 Å². The van der Waals surface area contributed by atoms with Gasteiger partial charge in [0.1, 0.15) is 11.6 Å². The van der Waals surface area contributed by atoms with E-state index >= 15 is 0 Å². The van der Waals surface area contributed by atoms with Crippen LogP contribution in [0, 0.1) is 0 Å². The van der Waals surface area contributed by atoms with Gasteiger partial charge < -0.3 is 21.9 Å². The summed E-state index contributed by atoms with van der Waals surface area (Å²) < 4.78 is 6.71. The van der Waals surface area contributed by atoms with Gasteiger partial charge in [0.2, 0.25) is 0 Å². The van der Waals surface area contributed by atoms with E-state index in [0.29, 0.717) is 24.6 Å². The van der Waals surface area contributed by atoms with Crippen molar-refractivity contribution in [2.75, 3.05) is 25.1 Å². The fourth-order valence-corrected chi connectivity index (χ4v) is 1.80. The number of hydrogen-bond donors (Lipinski definition) is 3. The fourth-order valence-electron chi connectivity index (χ4n) is 1.80. The molecule has 0 saturated carbocycles. The van der Waals surface area contributed by atoms with Crippen LogP contribution in [0.4, 0.5) is 11.6 Å². The SMILES string of the molecule is COc1ccc(-n2nc(N)c(CCN)c2N)cc1. The van der Waals surface area contributed by atoms with E-state index in [2.05, 4.69) is 5.10 Å². The van der Waals surface area contributed by atoms with Gasteiger partial charge in [-0.2, -0.15) is 0 Å². The second-order valence-electron chi connectivity index (χ2n) is 3.90. The summed E-state index contributed by atoms with van der Waals surface area (Å²) in [6.45, 7) is 0.489. The molecule has 0 bridgehead atoms. The van der Waals surface area contributed by atoms with Gasteiger partial charge in [0, 0.05) is 5.56 Å². The van der Waals surface area contributed by atoms with Crippen LogP contribution in [0.15, 0.2) is 24.3 Å². The Kier molecular flexibility index (Phi) is 3.38. The maximum atomic E-state index is 6.03. The number of nitrogens with zero attached hydrogens (tertiary/aromatic N) is 2. The van der Waals surface area contributed by atoms with Crippen LogP contribution >= 0.6 is 0 Å². The largest absolute Gasteiger partial charge is 0.497 e. The van der Waals surface area contributed by atoms with E-state index < -0.39 is 0 Å². The Hall–Kier alpha value is -2.21. The molecule has 96 valence electrons. The van der Waals surface area contributed by atoms with Crippen LogP contribution in [0.5, 0.6) is 5.75 Å². The van der Waals surface area contributed by atoms with Crippen LogP contribution < -0.4 is 21.9 Å². The van der Waals surface area contributed by atoms with Crippen molar-refractivity contribution in [3.8, 4) is 11.4 Å². The Balaban J connectivity index is 2.40. The van der Waals surface area contributed by atoms with Crippen LogP contribution in [-0.4, -0.2) is 23.4 Å². The van der Waals surface area contributed by atoms with Crippen LogP contribution in [0.3, 0.4) is 0 Å². The Morgan fingerprint density at radius 3 is 2.44 bits per heavy atom. The van der Waals surface area contributed by atoms with Crippen molar-refractivity contribution in [3.63, 3.8) is 0 Å². The van der Waals surface area contributed by atoms with Crippen LogP contribution in [0.2, 0.25) is 0 Å². The van der Waals surface area contributed by atoms with E-state index in [-0.39, 0.29) is 0 Å². The molecule has 1 aromatic heterocycles. The highest BCUT2D eigenvalue weighted by Gasteiger charge is 2.13. The standard InChI is InChI=1S/C12H17N5O/c1-18-9-4-2-8(3-5-9)17-12(15)10(6-7-13)11(14)16-17/h2-5H,6-7,13,15H2,1H3,(H2,14,16). The number of methoxy groups -OCH3 is 1. The third-order valence-electron chi connectivity index (χ3n) is 2.77. The molecule has 0 aliphatic carbocycles. The lowest BCUT2D eigenvalue weighted by Crippen LogP contribution is -2.07. The third-order valence-corrected chi connectivity index (χ3v) is 2.77. The average Bonchev–Trinajstić information content (AvgIpc) is 2.67. The number of anilines is 2. The lowest BCUT2D eigenvalue weighted by Gasteiger charge is -2.05. The van der Waals surface area contributed by atoms with Crippen molar-refractivity contribution in [1.29, 1.82) is 0 Å². The molecule has 0 fully saturated rings. The zero-order valence-corrected chi connectivity index (χ0v) is 10.3. The first-order chi connectivity index (χ1) is 8.67. The van der Waals surface area contributed by atoms with Crippen molar-refractivity contribution in [2.45, 2.75) is 6.42 Å². The number of ether oxygens (including phenoxy) is 1. The number of rotatable bonds is 4. The fraction of sp³-hybridized carbons (Fsp3) is 0.250. The van der Waals surface area contributed by atoms with Gasteiger partial charge in [-0.25, -0.2) is 4.68 Å². The number of aromatic nitrogens is 2. The Labute approximate surface area is 105 Å². The molecule has 6 N–H and O–H groups in total. The zero-order chi connectivity index (χ0) is 13.1. The summed E-state index contributed by atoms with van der Waals surface area (Å²) in [5, 5.41) is 4.23. The van der Waals surface area contributed by atoms with Gasteiger partial charge in [-0.05, 0) is 37.2 Å². The minimum atomic E-state index is 0.425. The molecule has 0 unspecified atom stereocenters. The van der Waals surface area contributed by atoms with E-state index in [4.69, 9.17) is 21.9 Å². The van der Waals surface area contributed by atoms with Gasteiger partial charge in [-0.15, -0.1) is 5.10 Å². The molecule has 0 aliphatic heterocycles. The number of nitrogens with two attached hydrogens (primary N) is 3. The van der Waals surface area contributed by atoms with Crippen molar-refractivity contribution >= 4 is 11.6 Å². The smallest absolute Gasteiger partial charge is 0.151 e. The third kappa shape index (κ3) is 2.10. The average molecular weight is 247 g/mol. The summed E-state index contributed by atoms with van der Waals surface area (Å²) in [4.78, 5) is 0. The summed E-state index contributed by atoms with van der Waals surface area (Å²) in [6, 6.07) is 7.42. The molecule has 0 radical (unpaired) electrons. The number of nitrogen functional groups attached to an aromatic ring is 2. The molecule has 0 aliphatic rings. The Bertz CT molecular complexity index is 532. The van der Waals surface area contributed by atoms with Gasteiger partial charge in [0.15, 0.2) is 5.82 Å². The number of hydrogen-bond acceptors (Lipinski definition) is 5. The summed E-state index contributed by atoms with van der Waals surface area (Å²) in [7, 11) is 1.62. The first kappa shape index (κ1) is 12.3. The van der Waals surface area contributed by atoms with Crippen molar-refractivity contribution in [1.82, 2.24) is 9.78 Å². The molecule has 1 aromatic carbocycles. The van der Waals surface area contributed by atoms with Crippen molar-refractivity contribution in [3.05, 3.63) is 29.8 Å². The minimum absolute atomic E-state index is 0.425. The summed E-state index contributed by atoms with van der Waals surface area (Å²) in [5.74, 6) is 1.73.